The van der Waals surface area contributed by atoms with Crippen molar-refractivity contribution in [2.75, 3.05) is 7.11 Å². The molecule has 136 valence electrons. The maximum Gasteiger partial charge on any atom is 0.339 e. The van der Waals surface area contributed by atoms with Crippen molar-refractivity contribution >= 4 is 44.1 Å². The Morgan fingerprint density at radius 1 is 1.31 bits per heavy atom. The minimum atomic E-state index is -0.404. The van der Waals surface area contributed by atoms with Gasteiger partial charge in [0.1, 0.15) is 11.3 Å². The highest BCUT2D eigenvalue weighted by atomic mass is 79.9. The predicted molar refractivity (Wildman–Crippen MR) is 106 cm³/mol. The molecule has 0 saturated heterocycles. The molecule has 2 heterocycles. The van der Waals surface area contributed by atoms with Gasteiger partial charge >= 0.3 is 5.63 Å². The van der Waals surface area contributed by atoms with E-state index in [0.717, 1.165) is 19.6 Å². The van der Waals surface area contributed by atoms with Gasteiger partial charge in [0, 0.05) is 28.3 Å². The van der Waals surface area contributed by atoms with Gasteiger partial charge in [-0.2, -0.15) is 0 Å². The highest BCUT2D eigenvalue weighted by Crippen LogP contribution is 2.24. The molecule has 0 saturated carbocycles. The fraction of sp³-hybridized carbons (Fsp3) is 0.263. The van der Waals surface area contributed by atoms with Crippen molar-refractivity contribution in [1.82, 2.24) is 5.32 Å². The zero-order valence-corrected chi connectivity index (χ0v) is 16.8. The number of methoxy groups -OCH3 is 1. The van der Waals surface area contributed by atoms with E-state index < -0.39 is 5.63 Å². The number of fused-ring (bicyclic) bond motifs is 1. The van der Waals surface area contributed by atoms with E-state index in [9.17, 15) is 9.59 Å². The van der Waals surface area contributed by atoms with Gasteiger partial charge < -0.3 is 14.5 Å². The summed E-state index contributed by atoms with van der Waals surface area (Å²) in [5, 5.41) is 3.73. The molecule has 0 aliphatic carbocycles. The fourth-order valence-corrected chi connectivity index (χ4v) is 4.17. The SMILES string of the molecule is COc1ccc2c(C)c(CCC(=O)NCc3ccc(Br)s3)c(=O)oc2c1. The van der Waals surface area contributed by atoms with Gasteiger partial charge in [0.15, 0.2) is 0 Å². The first kappa shape index (κ1) is 18.7. The van der Waals surface area contributed by atoms with E-state index in [1.54, 1.807) is 24.5 Å². The average molecular weight is 436 g/mol. The Balaban J connectivity index is 1.70. The van der Waals surface area contributed by atoms with Crippen LogP contribution in [0.1, 0.15) is 22.4 Å². The molecule has 0 radical (unpaired) electrons. The van der Waals surface area contributed by atoms with E-state index in [0.29, 0.717) is 29.9 Å². The molecular formula is C19H18BrNO4S. The molecule has 26 heavy (non-hydrogen) atoms. The van der Waals surface area contributed by atoms with E-state index in [1.807, 2.05) is 31.2 Å². The largest absolute Gasteiger partial charge is 0.497 e. The third-order valence-corrected chi connectivity index (χ3v) is 5.81. The van der Waals surface area contributed by atoms with Crippen LogP contribution in [0.2, 0.25) is 0 Å². The molecule has 0 unspecified atom stereocenters. The summed E-state index contributed by atoms with van der Waals surface area (Å²) >= 11 is 4.98. The van der Waals surface area contributed by atoms with Crippen LogP contribution in [-0.4, -0.2) is 13.0 Å². The normalized spacial score (nSPS) is 10.9. The zero-order valence-electron chi connectivity index (χ0n) is 14.4. The second-order valence-electron chi connectivity index (χ2n) is 5.84. The van der Waals surface area contributed by atoms with Crippen molar-refractivity contribution in [3.8, 4) is 5.75 Å². The first-order valence-electron chi connectivity index (χ1n) is 8.09. The lowest BCUT2D eigenvalue weighted by Crippen LogP contribution is -2.23. The lowest BCUT2D eigenvalue weighted by molar-refractivity contribution is -0.121. The molecule has 1 aromatic carbocycles. The maximum absolute atomic E-state index is 12.3. The number of halogens is 1. The predicted octanol–water partition coefficient (Wildman–Crippen LogP) is 4.18. The average Bonchev–Trinajstić information content (AvgIpc) is 3.04. The van der Waals surface area contributed by atoms with Crippen LogP contribution in [0.25, 0.3) is 11.0 Å². The third-order valence-electron chi connectivity index (χ3n) is 4.19. The quantitative estimate of drug-likeness (QED) is 0.589. The number of thiophene rings is 1. The topological polar surface area (TPSA) is 68.5 Å². The summed E-state index contributed by atoms with van der Waals surface area (Å²) < 4.78 is 11.6. The van der Waals surface area contributed by atoms with E-state index in [-0.39, 0.29) is 12.3 Å². The molecule has 2 aromatic heterocycles. The Hall–Kier alpha value is -2.12. The van der Waals surface area contributed by atoms with Gasteiger partial charge in [-0.1, -0.05) is 0 Å². The van der Waals surface area contributed by atoms with Gasteiger partial charge in [-0.15, -0.1) is 11.3 Å². The Kier molecular flexibility index (Phi) is 5.78. The van der Waals surface area contributed by atoms with Crippen LogP contribution in [-0.2, 0) is 17.8 Å². The minimum absolute atomic E-state index is 0.0943. The standard InChI is InChI=1S/C19H18BrNO4S/c1-11-14-5-3-12(24-2)9-16(14)25-19(23)15(11)6-8-18(22)21-10-13-4-7-17(20)26-13/h3-5,7,9H,6,8,10H2,1-2H3,(H,21,22). The molecule has 0 atom stereocenters. The number of hydrogen-bond donors (Lipinski definition) is 1. The summed E-state index contributed by atoms with van der Waals surface area (Å²) in [6, 6.07) is 9.30. The van der Waals surface area contributed by atoms with Gasteiger partial charge in [0.05, 0.1) is 17.4 Å². The molecule has 1 N–H and O–H groups in total. The molecule has 0 aliphatic rings. The summed E-state index contributed by atoms with van der Waals surface area (Å²) in [7, 11) is 1.56. The lowest BCUT2D eigenvalue weighted by atomic mass is 10.0. The number of carbonyl (C=O) groups is 1. The molecule has 5 nitrogen and oxygen atoms in total. The summed E-state index contributed by atoms with van der Waals surface area (Å²) in [5.41, 5.74) is 1.46. The van der Waals surface area contributed by atoms with E-state index in [4.69, 9.17) is 9.15 Å². The van der Waals surface area contributed by atoms with Crippen LogP contribution in [0, 0.1) is 6.92 Å². The van der Waals surface area contributed by atoms with Crippen LogP contribution >= 0.6 is 27.3 Å². The molecule has 1 amide bonds. The molecule has 0 fully saturated rings. The first-order chi connectivity index (χ1) is 12.5. The number of nitrogens with one attached hydrogen (secondary N) is 1. The number of aryl methyl sites for hydroxylation is 1. The third kappa shape index (κ3) is 4.16. The highest BCUT2D eigenvalue weighted by molar-refractivity contribution is 9.11. The summed E-state index contributed by atoms with van der Waals surface area (Å²) in [4.78, 5) is 25.5. The van der Waals surface area contributed by atoms with Gasteiger partial charge in [0.2, 0.25) is 5.91 Å². The number of hydrogen-bond acceptors (Lipinski definition) is 5. The van der Waals surface area contributed by atoms with Crippen molar-refractivity contribution in [3.63, 3.8) is 0 Å². The van der Waals surface area contributed by atoms with Crippen molar-refractivity contribution < 1.29 is 13.9 Å². The molecule has 0 spiro atoms. The number of benzene rings is 1. The summed E-state index contributed by atoms with van der Waals surface area (Å²) in [6.45, 7) is 2.36. The smallest absolute Gasteiger partial charge is 0.339 e. The van der Waals surface area contributed by atoms with Crippen LogP contribution in [0.5, 0.6) is 5.75 Å². The number of rotatable bonds is 6. The maximum atomic E-state index is 12.3. The van der Waals surface area contributed by atoms with E-state index in [2.05, 4.69) is 21.2 Å². The van der Waals surface area contributed by atoms with Crippen LogP contribution in [0.4, 0.5) is 0 Å². The Labute approximate surface area is 163 Å². The first-order valence-corrected chi connectivity index (χ1v) is 9.70. The molecule has 3 rings (SSSR count). The number of carbonyl (C=O) groups excluding carboxylic acids is 1. The second kappa shape index (κ2) is 8.05. The molecular weight excluding hydrogens is 418 g/mol. The monoisotopic (exact) mass is 435 g/mol. The summed E-state index contributed by atoms with van der Waals surface area (Å²) in [6.07, 6.45) is 0.579. The van der Waals surface area contributed by atoms with Gasteiger partial charge in [-0.3, -0.25) is 4.79 Å². The van der Waals surface area contributed by atoms with E-state index in [1.165, 1.54) is 0 Å². The van der Waals surface area contributed by atoms with Crippen molar-refractivity contribution in [3.05, 3.63) is 60.5 Å². The Bertz CT molecular complexity index is 1010. The van der Waals surface area contributed by atoms with Crippen LogP contribution in [0.3, 0.4) is 0 Å². The van der Waals surface area contributed by atoms with Gasteiger partial charge in [-0.25, -0.2) is 4.79 Å². The molecule has 3 aromatic rings. The zero-order chi connectivity index (χ0) is 18.7. The van der Waals surface area contributed by atoms with Crippen LogP contribution in [0.15, 0.2) is 43.3 Å². The van der Waals surface area contributed by atoms with Crippen LogP contribution < -0.4 is 15.7 Å². The highest BCUT2D eigenvalue weighted by Gasteiger charge is 2.13. The van der Waals surface area contributed by atoms with Gasteiger partial charge in [0.25, 0.3) is 0 Å². The number of ether oxygens (including phenoxy) is 1. The Morgan fingerprint density at radius 2 is 2.12 bits per heavy atom. The Morgan fingerprint density at radius 3 is 2.81 bits per heavy atom. The molecule has 0 aliphatic heterocycles. The lowest BCUT2D eigenvalue weighted by Gasteiger charge is -2.09. The molecule has 7 heteroatoms. The van der Waals surface area contributed by atoms with Crippen molar-refractivity contribution in [2.24, 2.45) is 0 Å². The van der Waals surface area contributed by atoms with E-state index >= 15 is 0 Å². The number of amides is 1. The van der Waals surface area contributed by atoms with Gasteiger partial charge in [-0.05, 0) is 59.1 Å². The van der Waals surface area contributed by atoms with Crippen molar-refractivity contribution in [1.29, 1.82) is 0 Å². The summed E-state index contributed by atoms with van der Waals surface area (Å²) in [5.74, 6) is 0.538. The van der Waals surface area contributed by atoms with Crippen molar-refractivity contribution in [2.45, 2.75) is 26.3 Å². The second-order valence-corrected chi connectivity index (χ2v) is 8.39. The molecule has 0 bridgehead atoms. The fourth-order valence-electron chi connectivity index (χ4n) is 2.75. The minimum Gasteiger partial charge on any atom is -0.497 e.